The molecule has 0 radical (unpaired) electrons. The van der Waals surface area contributed by atoms with Crippen LogP contribution in [0.25, 0.3) is 22.3 Å². The van der Waals surface area contributed by atoms with Gasteiger partial charge in [0.1, 0.15) is 5.69 Å². The Bertz CT molecular complexity index is 1230. The summed E-state index contributed by atoms with van der Waals surface area (Å²) in [6.07, 6.45) is 6.05. The van der Waals surface area contributed by atoms with E-state index in [9.17, 15) is 14.7 Å². The molecular weight excluding hydrogens is 408 g/mol. The van der Waals surface area contributed by atoms with Gasteiger partial charge in [0.25, 0.3) is 5.56 Å². The fraction of sp³-hybridized carbons (Fsp3) is 0.478. The number of aromatic nitrogens is 4. The highest BCUT2D eigenvalue weighted by molar-refractivity contribution is 5.94. The highest BCUT2D eigenvalue weighted by Crippen LogP contribution is 2.48. The number of aliphatic hydroxyl groups is 1. The number of H-pyrrole nitrogens is 1. The third kappa shape index (κ3) is 3.66. The number of piperidine rings is 1. The van der Waals surface area contributed by atoms with E-state index in [0.29, 0.717) is 48.9 Å². The quantitative estimate of drug-likeness (QED) is 0.581. The first-order valence-electron chi connectivity index (χ1n) is 11.2. The lowest BCUT2D eigenvalue weighted by molar-refractivity contribution is 0.0527. The lowest BCUT2D eigenvalue weighted by atomic mass is 9.98. The van der Waals surface area contributed by atoms with Crippen molar-refractivity contribution in [3.05, 3.63) is 40.9 Å². The number of urea groups is 1. The molecule has 1 aliphatic heterocycles. The van der Waals surface area contributed by atoms with E-state index >= 15 is 0 Å². The van der Waals surface area contributed by atoms with E-state index in [2.05, 4.69) is 34.3 Å². The van der Waals surface area contributed by atoms with Crippen molar-refractivity contribution in [1.29, 1.82) is 0 Å². The smallest absolute Gasteiger partial charge is 0.322 e. The Morgan fingerprint density at radius 1 is 1.34 bits per heavy atom. The topological polar surface area (TPSA) is 116 Å². The molecule has 1 atom stereocenters. The van der Waals surface area contributed by atoms with Crippen molar-refractivity contribution >= 4 is 22.6 Å². The van der Waals surface area contributed by atoms with Gasteiger partial charge in [-0.15, -0.1) is 0 Å². The van der Waals surface area contributed by atoms with Crippen molar-refractivity contribution in [2.45, 2.75) is 57.7 Å². The molecule has 4 heterocycles. The zero-order valence-electron chi connectivity index (χ0n) is 18.3. The third-order valence-electron chi connectivity index (χ3n) is 6.51. The molecule has 0 bridgehead atoms. The average molecular weight is 437 g/mol. The molecule has 1 saturated carbocycles. The van der Waals surface area contributed by atoms with Crippen molar-refractivity contribution < 1.29 is 9.90 Å². The van der Waals surface area contributed by atoms with Crippen LogP contribution in [0.1, 0.15) is 39.5 Å². The summed E-state index contributed by atoms with van der Waals surface area (Å²) >= 11 is 0. The highest BCUT2D eigenvalue weighted by Gasteiger charge is 2.53. The van der Waals surface area contributed by atoms with Crippen molar-refractivity contribution in [3.8, 4) is 11.4 Å². The van der Waals surface area contributed by atoms with Crippen LogP contribution >= 0.6 is 0 Å². The van der Waals surface area contributed by atoms with E-state index in [-0.39, 0.29) is 23.2 Å². The van der Waals surface area contributed by atoms with Gasteiger partial charge in [0.15, 0.2) is 0 Å². The van der Waals surface area contributed by atoms with Crippen molar-refractivity contribution in [1.82, 2.24) is 24.6 Å². The predicted molar refractivity (Wildman–Crippen MR) is 121 cm³/mol. The number of carbonyl (C=O) groups is 1. The minimum Gasteiger partial charge on any atom is -0.393 e. The Kier molecular flexibility index (Phi) is 5.00. The molecule has 1 aliphatic carbocycles. The Hall–Kier alpha value is -3.20. The van der Waals surface area contributed by atoms with Gasteiger partial charge in [0.05, 0.1) is 29.2 Å². The van der Waals surface area contributed by atoms with Crippen LogP contribution in [-0.2, 0) is 6.54 Å². The van der Waals surface area contributed by atoms with Crippen LogP contribution in [0, 0.1) is 5.92 Å². The Balaban J connectivity index is 1.45. The minimum absolute atomic E-state index is 0.0523. The van der Waals surface area contributed by atoms with E-state index in [0.717, 1.165) is 23.7 Å². The first-order valence-corrected chi connectivity index (χ1v) is 11.2. The van der Waals surface area contributed by atoms with Crippen molar-refractivity contribution in [2.24, 2.45) is 5.92 Å². The molecule has 168 valence electrons. The van der Waals surface area contributed by atoms with Gasteiger partial charge >= 0.3 is 6.03 Å². The summed E-state index contributed by atoms with van der Waals surface area (Å²) in [6.45, 7) is 5.29. The van der Waals surface area contributed by atoms with Gasteiger partial charge in [-0.1, -0.05) is 13.8 Å². The van der Waals surface area contributed by atoms with Crippen LogP contribution in [0.4, 0.5) is 10.5 Å². The zero-order valence-corrected chi connectivity index (χ0v) is 18.3. The molecule has 2 amide bonds. The van der Waals surface area contributed by atoms with E-state index < -0.39 is 0 Å². The molecule has 3 N–H and O–H groups in total. The Labute approximate surface area is 185 Å². The normalized spacial score (nSPS) is 19.6. The van der Waals surface area contributed by atoms with Crippen LogP contribution in [0.5, 0.6) is 0 Å². The van der Waals surface area contributed by atoms with Gasteiger partial charge in [-0.2, -0.15) is 5.10 Å². The van der Waals surface area contributed by atoms with E-state index in [4.69, 9.17) is 0 Å². The zero-order chi connectivity index (χ0) is 22.5. The first kappa shape index (κ1) is 20.7. The number of hydrogen-bond donors (Lipinski definition) is 3. The van der Waals surface area contributed by atoms with Gasteiger partial charge < -0.3 is 19.9 Å². The first-order chi connectivity index (χ1) is 15.4. The number of nitrogens with zero attached hydrogens (tertiary/aromatic N) is 4. The van der Waals surface area contributed by atoms with Gasteiger partial charge in [-0.3, -0.25) is 14.9 Å². The van der Waals surface area contributed by atoms with Gasteiger partial charge in [-0.05, 0) is 43.7 Å². The fourth-order valence-electron chi connectivity index (χ4n) is 4.74. The molecule has 0 aromatic carbocycles. The van der Waals surface area contributed by atoms with E-state index in [1.807, 2.05) is 11.0 Å². The van der Waals surface area contributed by atoms with Gasteiger partial charge in [-0.25, -0.2) is 4.79 Å². The third-order valence-corrected chi connectivity index (χ3v) is 6.51. The number of likely N-dealkylation sites (tertiary alicyclic amines) is 1. The number of pyridine rings is 2. The lowest BCUT2D eigenvalue weighted by Crippen LogP contribution is -2.51. The Morgan fingerprint density at radius 2 is 2.16 bits per heavy atom. The SMILES string of the molecule is CC(C)Cn1c(=O)ccc2cnc(-c3[nH]ncc3NC(=O)N3CCC(O)CC34CC4)cc21. The molecule has 3 aromatic rings. The summed E-state index contributed by atoms with van der Waals surface area (Å²) in [7, 11) is 0. The predicted octanol–water partition coefficient (Wildman–Crippen LogP) is 2.96. The van der Waals surface area contributed by atoms with Crippen molar-refractivity contribution in [2.75, 3.05) is 11.9 Å². The summed E-state index contributed by atoms with van der Waals surface area (Å²) in [5, 5.41) is 20.9. The molecule has 1 saturated heterocycles. The number of carbonyl (C=O) groups excluding carboxylic acids is 1. The number of anilines is 1. The molecule has 9 heteroatoms. The maximum Gasteiger partial charge on any atom is 0.322 e. The molecule has 32 heavy (non-hydrogen) atoms. The monoisotopic (exact) mass is 436 g/mol. The van der Waals surface area contributed by atoms with Crippen LogP contribution < -0.4 is 10.9 Å². The highest BCUT2D eigenvalue weighted by atomic mass is 16.3. The summed E-state index contributed by atoms with van der Waals surface area (Å²) < 4.78 is 1.76. The van der Waals surface area contributed by atoms with E-state index in [1.165, 1.54) is 0 Å². The second-order valence-corrected chi connectivity index (χ2v) is 9.42. The molecule has 2 fully saturated rings. The summed E-state index contributed by atoms with van der Waals surface area (Å²) in [4.78, 5) is 32.0. The van der Waals surface area contributed by atoms with E-state index in [1.54, 1.807) is 29.1 Å². The number of nitrogens with one attached hydrogen (secondary N) is 2. The maximum atomic E-state index is 13.1. The van der Waals surface area contributed by atoms with Crippen LogP contribution in [0.2, 0.25) is 0 Å². The lowest BCUT2D eigenvalue weighted by Gasteiger charge is -2.38. The standard InChI is InChI=1S/C23H28N6O3/c1-14(2)13-28-19-9-17(24-11-15(19)3-4-20(28)31)21-18(12-25-27-21)26-22(32)29-8-5-16(30)10-23(29)6-7-23/h3-4,9,11-12,14,16,30H,5-8,10,13H2,1-2H3,(H,25,27)(H,26,32). The van der Waals surface area contributed by atoms with Crippen LogP contribution in [0.15, 0.2) is 35.4 Å². The molecule has 1 unspecified atom stereocenters. The average Bonchev–Trinajstić information content (AvgIpc) is 3.34. The van der Waals surface area contributed by atoms with Gasteiger partial charge in [0, 0.05) is 36.3 Å². The molecule has 5 rings (SSSR count). The number of aromatic amines is 1. The summed E-state index contributed by atoms with van der Waals surface area (Å²) in [5.74, 6) is 0.315. The van der Waals surface area contributed by atoms with Gasteiger partial charge in [0.2, 0.25) is 0 Å². The van der Waals surface area contributed by atoms with Crippen LogP contribution in [0.3, 0.4) is 0 Å². The number of amides is 2. The minimum atomic E-state index is -0.337. The number of rotatable bonds is 4. The molecule has 9 nitrogen and oxygen atoms in total. The molecule has 1 spiro atoms. The summed E-state index contributed by atoms with van der Waals surface area (Å²) in [5.41, 5.74) is 2.27. The summed E-state index contributed by atoms with van der Waals surface area (Å²) in [6, 6.07) is 5.02. The molecular formula is C23H28N6O3. The molecule has 3 aromatic heterocycles. The number of aliphatic hydroxyl groups excluding tert-OH is 1. The van der Waals surface area contributed by atoms with Crippen molar-refractivity contribution in [3.63, 3.8) is 0 Å². The van der Waals surface area contributed by atoms with Crippen LogP contribution in [-0.4, -0.2) is 54.0 Å². The second-order valence-electron chi connectivity index (χ2n) is 9.42. The maximum absolute atomic E-state index is 13.1. The molecule has 2 aliphatic rings. The largest absolute Gasteiger partial charge is 0.393 e. The number of hydrogen-bond acceptors (Lipinski definition) is 5. The fourth-order valence-corrected chi connectivity index (χ4v) is 4.74. The Morgan fingerprint density at radius 3 is 2.91 bits per heavy atom. The number of fused-ring (bicyclic) bond motifs is 1. The second kappa shape index (κ2) is 7.74.